The fourth-order valence-corrected chi connectivity index (χ4v) is 4.32. The summed E-state index contributed by atoms with van der Waals surface area (Å²) < 4.78 is 0. The first-order chi connectivity index (χ1) is 15.9. The maximum Gasteiger partial charge on any atom is 0.264 e. The van der Waals surface area contributed by atoms with E-state index in [9.17, 15) is 19.2 Å². The van der Waals surface area contributed by atoms with Crippen LogP contribution in [0.15, 0.2) is 42.6 Å². The monoisotopic (exact) mass is 455 g/mol. The van der Waals surface area contributed by atoms with Gasteiger partial charge in [-0.15, -0.1) is 0 Å². The fraction of sp³-hybridized carbons (Fsp3) is 0.500. The Morgan fingerprint density at radius 2 is 2.00 bits per heavy atom. The smallest absolute Gasteiger partial charge is 0.264 e. The molecule has 2 aliphatic rings. The van der Waals surface area contributed by atoms with Crippen LogP contribution in [0.3, 0.4) is 0 Å². The molecule has 3 unspecified atom stereocenters. The largest absolute Gasteiger partial charge is 0.345 e. The van der Waals surface area contributed by atoms with Crippen LogP contribution in [-0.2, 0) is 25.6 Å². The quantitative estimate of drug-likeness (QED) is 0.470. The van der Waals surface area contributed by atoms with E-state index in [-0.39, 0.29) is 24.8 Å². The summed E-state index contributed by atoms with van der Waals surface area (Å²) in [5.74, 6) is -0.941. The second-order valence-corrected chi connectivity index (χ2v) is 8.50. The Hall–Kier alpha value is -3.20. The Morgan fingerprint density at radius 1 is 1.24 bits per heavy atom. The molecule has 2 heterocycles. The minimum atomic E-state index is -0.773. The number of aldehydes is 1. The summed E-state index contributed by atoms with van der Waals surface area (Å²) in [4.78, 5) is 50.4. The number of nitrogens with zero attached hydrogens (tertiary/aromatic N) is 2. The first-order valence-electron chi connectivity index (χ1n) is 11.5. The highest BCUT2D eigenvalue weighted by Gasteiger charge is 2.43. The van der Waals surface area contributed by atoms with Crippen LogP contribution in [0.2, 0.25) is 0 Å². The predicted molar refractivity (Wildman–Crippen MR) is 123 cm³/mol. The van der Waals surface area contributed by atoms with E-state index in [1.165, 1.54) is 5.01 Å². The lowest BCUT2D eigenvalue weighted by Crippen LogP contribution is -2.63. The number of nitrogens with two attached hydrogens (primary N) is 1. The van der Waals surface area contributed by atoms with Crippen molar-refractivity contribution in [2.75, 3.05) is 13.1 Å². The van der Waals surface area contributed by atoms with Gasteiger partial charge in [-0.2, -0.15) is 0 Å². The zero-order chi connectivity index (χ0) is 23.8. The van der Waals surface area contributed by atoms with E-state index in [2.05, 4.69) is 17.2 Å². The summed E-state index contributed by atoms with van der Waals surface area (Å²) >= 11 is 0. The van der Waals surface area contributed by atoms with Crippen LogP contribution in [0.5, 0.6) is 0 Å². The molecule has 0 spiro atoms. The van der Waals surface area contributed by atoms with Crippen molar-refractivity contribution >= 4 is 24.0 Å². The number of aryl methyl sites for hydroxylation is 1. The maximum absolute atomic E-state index is 13.5. The number of hydrazine groups is 1. The molecule has 2 aliphatic heterocycles. The molecular formula is C24H33N5O4. The van der Waals surface area contributed by atoms with E-state index < -0.39 is 24.0 Å². The third-order valence-electron chi connectivity index (χ3n) is 6.10. The number of rotatable bonds is 9. The molecule has 3 atom stereocenters. The van der Waals surface area contributed by atoms with Gasteiger partial charge in [0, 0.05) is 18.7 Å². The number of carbonyl (C=O) groups excluding carboxylic acids is 4. The van der Waals surface area contributed by atoms with E-state index in [1.807, 2.05) is 30.3 Å². The molecule has 0 saturated carbocycles. The average Bonchev–Trinajstić information content (AvgIpc) is 2.95. The first kappa shape index (κ1) is 24.4. The Bertz CT molecular complexity index is 875. The number of allylic oxidation sites excluding steroid dienone is 1. The summed E-state index contributed by atoms with van der Waals surface area (Å²) in [6.45, 7) is 4.93. The SMILES string of the molecule is C=C1CCC(NC(=O)CCc2ccccc2)C(=O)N2C(C(=O)NC(C=O)CCN)CCCN12. The molecule has 2 fully saturated rings. The van der Waals surface area contributed by atoms with Crippen molar-refractivity contribution in [2.24, 2.45) is 5.73 Å². The molecule has 1 aromatic rings. The number of hydrogen-bond acceptors (Lipinski definition) is 6. The molecule has 1 aromatic carbocycles. The van der Waals surface area contributed by atoms with Crippen LogP contribution < -0.4 is 16.4 Å². The van der Waals surface area contributed by atoms with E-state index in [0.29, 0.717) is 51.4 Å². The van der Waals surface area contributed by atoms with Gasteiger partial charge in [0.05, 0.1) is 6.04 Å². The lowest BCUT2D eigenvalue weighted by atomic mass is 10.0. The van der Waals surface area contributed by atoms with Crippen molar-refractivity contribution in [3.05, 3.63) is 48.2 Å². The van der Waals surface area contributed by atoms with Gasteiger partial charge in [-0.05, 0) is 50.6 Å². The average molecular weight is 456 g/mol. The molecule has 0 bridgehead atoms. The van der Waals surface area contributed by atoms with Crippen molar-refractivity contribution in [1.29, 1.82) is 0 Å². The minimum Gasteiger partial charge on any atom is -0.345 e. The molecule has 0 aromatic heterocycles. The van der Waals surface area contributed by atoms with Gasteiger partial charge in [-0.3, -0.25) is 19.4 Å². The maximum atomic E-state index is 13.5. The van der Waals surface area contributed by atoms with Gasteiger partial charge >= 0.3 is 0 Å². The van der Waals surface area contributed by atoms with Gasteiger partial charge in [-0.25, -0.2) is 5.01 Å². The number of benzene rings is 1. The second kappa shape index (κ2) is 11.6. The van der Waals surface area contributed by atoms with Gasteiger partial charge < -0.3 is 21.2 Å². The van der Waals surface area contributed by atoms with Crippen LogP contribution in [0.4, 0.5) is 0 Å². The standard InChI is InChI=1S/C24H33N5O4/c1-17-9-11-20(27-22(31)12-10-18-6-3-2-4-7-18)24(33)29-21(8-5-15-28(17)29)23(32)26-19(16-30)13-14-25/h2-4,6-7,16,19-21H,1,5,8-15,25H2,(H,26,32)(H,27,31). The van der Waals surface area contributed by atoms with Crippen LogP contribution in [0.25, 0.3) is 0 Å². The molecule has 178 valence electrons. The van der Waals surface area contributed by atoms with Crippen LogP contribution in [-0.4, -0.2) is 65.2 Å². The molecule has 3 amide bonds. The van der Waals surface area contributed by atoms with Crippen molar-refractivity contribution < 1.29 is 19.2 Å². The second-order valence-electron chi connectivity index (χ2n) is 8.50. The molecule has 3 rings (SSSR count). The zero-order valence-corrected chi connectivity index (χ0v) is 18.9. The minimum absolute atomic E-state index is 0.210. The van der Waals surface area contributed by atoms with Crippen LogP contribution in [0.1, 0.15) is 44.1 Å². The molecule has 0 aliphatic carbocycles. The Morgan fingerprint density at radius 3 is 2.70 bits per heavy atom. The first-order valence-corrected chi connectivity index (χ1v) is 11.5. The van der Waals surface area contributed by atoms with Gasteiger partial charge in [0.2, 0.25) is 11.8 Å². The van der Waals surface area contributed by atoms with Crippen LogP contribution >= 0.6 is 0 Å². The molecule has 33 heavy (non-hydrogen) atoms. The molecule has 9 heteroatoms. The number of nitrogens with one attached hydrogen (secondary N) is 2. The van der Waals surface area contributed by atoms with E-state index in [1.54, 1.807) is 5.01 Å². The molecule has 2 saturated heterocycles. The Labute approximate surface area is 194 Å². The van der Waals surface area contributed by atoms with E-state index in [0.717, 1.165) is 11.3 Å². The van der Waals surface area contributed by atoms with E-state index >= 15 is 0 Å². The summed E-state index contributed by atoms with van der Waals surface area (Å²) in [5, 5.41) is 8.74. The van der Waals surface area contributed by atoms with Gasteiger partial charge in [0.15, 0.2) is 0 Å². The topological polar surface area (TPSA) is 125 Å². The third-order valence-corrected chi connectivity index (χ3v) is 6.10. The highest BCUT2D eigenvalue weighted by atomic mass is 16.2. The molecule has 9 nitrogen and oxygen atoms in total. The van der Waals surface area contributed by atoms with Crippen molar-refractivity contribution in [3.63, 3.8) is 0 Å². The number of hydrogen-bond donors (Lipinski definition) is 3. The number of carbonyl (C=O) groups is 4. The molecule has 4 N–H and O–H groups in total. The predicted octanol–water partition coefficient (Wildman–Crippen LogP) is 0.652. The third kappa shape index (κ3) is 6.19. The van der Waals surface area contributed by atoms with Crippen LogP contribution in [0, 0.1) is 0 Å². The van der Waals surface area contributed by atoms with Crippen molar-refractivity contribution in [3.8, 4) is 0 Å². The van der Waals surface area contributed by atoms with Crippen molar-refractivity contribution in [1.82, 2.24) is 20.7 Å². The summed E-state index contributed by atoms with van der Waals surface area (Å²) in [7, 11) is 0. The van der Waals surface area contributed by atoms with Crippen molar-refractivity contribution in [2.45, 2.75) is 63.1 Å². The normalized spacial score (nSPS) is 21.6. The highest BCUT2D eigenvalue weighted by Crippen LogP contribution is 2.29. The molecular weight excluding hydrogens is 422 g/mol. The highest BCUT2D eigenvalue weighted by molar-refractivity contribution is 5.93. The summed E-state index contributed by atoms with van der Waals surface area (Å²) in [6.07, 6.45) is 3.95. The van der Waals surface area contributed by atoms with Gasteiger partial charge in [0.25, 0.3) is 5.91 Å². The van der Waals surface area contributed by atoms with Gasteiger partial charge in [0.1, 0.15) is 18.4 Å². The number of amides is 3. The lowest BCUT2D eigenvalue weighted by Gasteiger charge is -2.45. The number of fused-ring (bicyclic) bond motifs is 1. The van der Waals surface area contributed by atoms with E-state index in [4.69, 9.17) is 5.73 Å². The van der Waals surface area contributed by atoms with Gasteiger partial charge in [-0.1, -0.05) is 36.9 Å². The Kier molecular flexibility index (Phi) is 8.59. The summed E-state index contributed by atoms with van der Waals surface area (Å²) in [5.41, 5.74) is 7.30. The zero-order valence-electron chi connectivity index (χ0n) is 18.9. The Balaban J connectivity index is 1.70. The lowest BCUT2D eigenvalue weighted by molar-refractivity contribution is -0.164. The summed E-state index contributed by atoms with van der Waals surface area (Å²) in [6, 6.07) is 7.47. The fourth-order valence-electron chi connectivity index (χ4n) is 4.32. The molecule has 0 radical (unpaired) electrons.